The molecule has 2 aromatic heterocycles. The van der Waals surface area contributed by atoms with Crippen molar-refractivity contribution >= 4 is 38.2 Å². The topological polar surface area (TPSA) is 124 Å². The highest BCUT2D eigenvalue weighted by atomic mass is 32.2. The van der Waals surface area contributed by atoms with Gasteiger partial charge in [-0.2, -0.15) is 9.71 Å². The second-order valence-corrected chi connectivity index (χ2v) is 11.0. The van der Waals surface area contributed by atoms with Crippen molar-refractivity contribution in [3.63, 3.8) is 0 Å². The summed E-state index contributed by atoms with van der Waals surface area (Å²) in [5.74, 6) is -0.0524. The minimum Gasteiger partial charge on any atom is -0.492 e. The van der Waals surface area contributed by atoms with E-state index >= 15 is 0 Å². The third-order valence-electron chi connectivity index (χ3n) is 5.34. The number of carbonyl (C=O) groups is 1. The molecule has 0 spiro atoms. The molecule has 0 atom stereocenters. The molecule has 10 nitrogen and oxygen atoms in total. The molecule has 2 aromatic carbocycles. The van der Waals surface area contributed by atoms with Crippen molar-refractivity contribution in [3.8, 4) is 11.6 Å². The largest absolute Gasteiger partial charge is 0.492 e. The van der Waals surface area contributed by atoms with E-state index in [-0.39, 0.29) is 28.4 Å². The van der Waals surface area contributed by atoms with Gasteiger partial charge in [0.1, 0.15) is 12.0 Å². The zero-order valence-corrected chi connectivity index (χ0v) is 21.4. The van der Waals surface area contributed by atoms with Gasteiger partial charge < -0.3 is 14.9 Å². The first-order chi connectivity index (χ1) is 17.0. The van der Waals surface area contributed by atoms with Gasteiger partial charge >= 0.3 is 0 Å². The smallest absolute Gasteiger partial charge is 0.275 e. The van der Waals surface area contributed by atoms with E-state index in [2.05, 4.69) is 20.0 Å². The van der Waals surface area contributed by atoms with Gasteiger partial charge in [0.15, 0.2) is 5.75 Å². The van der Waals surface area contributed by atoms with Crippen LogP contribution >= 0.6 is 0 Å². The first kappa shape index (κ1) is 25.0. The summed E-state index contributed by atoms with van der Waals surface area (Å²) in [6, 6.07) is 14.1. The third-order valence-corrected chi connectivity index (χ3v) is 5.93. The molecule has 11 heteroatoms. The number of nitrogens with zero attached hydrogens (tertiary/aromatic N) is 3. The average Bonchev–Trinajstić information content (AvgIpc) is 3.16. The molecule has 0 aliphatic carbocycles. The molecular formula is C25H27N5O5S. The second-order valence-electron chi connectivity index (χ2n) is 9.20. The minimum absolute atomic E-state index is 0.182. The van der Waals surface area contributed by atoms with E-state index in [1.54, 1.807) is 24.3 Å². The van der Waals surface area contributed by atoms with E-state index in [1.165, 1.54) is 24.4 Å². The highest BCUT2D eigenvalue weighted by molar-refractivity contribution is 7.92. The molecular weight excluding hydrogens is 482 g/mol. The Balaban J connectivity index is 1.81. The molecule has 0 aliphatic heterocycles. The van der Waals surface area contributed by atoms with Crippen molar-refractivity contribution < 1.29 is 22.8 Å². The number of amides is 1. The Morgan fingerprint density at radius 2 is 1.78 bits per heavy atom. The van der Waals surface area contributed by atoms with E-state index in [0.717, 1.165) is 17.2 Å². The van der Waals surface area contributed by atoms with Crippen molar-refractivity contribution in [1.29, 1.82) is 0 Å². The summed E-state index contributed by atoms with van der Waals surface area (Å²) in [6.45, 7) is 5.95. The number of methoxy groups -OCH3 is 1. The predicted molar refractivity (Wildman–Crippen MR) is 138 cm³/mol. The number of rotatable bonds is 7. The molecule has 2 N–H and O–H groups in total. The van der Waals surface area contributed by atoms with Crippen LogP contribution in [0.25, 0.3) is 10.9 Å². The fourth-order valence-corrected chi connectivity index (χ4v) is 4.20. The van der Waals surface area contributed by atoms with E-state index in [1.807, 2.05) is 45.0 Å². The van der Waals surface area contributed by atoms with Gasteiger partial charge in [0.05, 0.1) is 30.3 Å². The van der Waals surface area contributed by atoms with Crippen molar-refractivity contribution in [2.75, 3.05) is 23.4 Å². The zero-order valence-electron chi connectivity index (χ0n) is 20.6. The van der Waals surface area contributed by atoms with Crippen LogP contribution in [0.5, 0.6) is 11.6 Å². The van der Waals surface area contributed by atoms with Crippen LogP contribution in [-0.4, -0.2) is 42.4 Å². The third kappa shape index (κ3) is 5.41. The quantitative estimate of drug-likeness (QED) is 0.382. The average molecular weight is 510 g/mol. The van der Waals surface area contributed by atoms with Gasteiger partial charge in [0, 0.05) is 17.6 Å². The van der Waals surface area contributed by atoms with Crippen LogP contribution in [0.15, 0.2) is 61.1 Å². The molecule has 0 unspecified atom stereocenters. The van der Waals surface area contributed by atoms with Gasteiger partial charge in [-0.3, -0.25) is 9.52 Å². The van der Waals surface area contributed by atoms with Crippen LogP contribution in [0.2, 0.25) is 0 Å². The lowest BCUT2D eigenvalue weighted by molar-refractivity contribution is 0.0987. The Bertz CT molecular complexity index is 1530. The van der Waals surface area contributed by atoms with Crippen molar-refractivity contribution in [2.45, 2.75) is 26.2 Å². The van der Waals surface area contributed by atoms with E-state index < -0.39 is 15.9 Å². The molecule has 0 aliphatic rings. The van der Waals surface area contributed by atoms with Gasteiger partial charge in [0.25, 0.3) is 5.91 Å². The number of ether oxygens (including phenoxy) is 1. The zero-order chi connectivity index (χ0) is 26.1. The minimum atomic E-state index is -3.61. The molecule has 188 valence electrons. The van der Waals surface area contributed by atoms with Crippen LogP contribution < -0.4 is 19.6 Å². The molecule has 1 amide bonds. The Morgan fingerprint density at radius 1 is 1.06 bits per heavy atom. The Kier molecular flexibility index (Phi) is 6.59. The van der Waals surface area contributed by atoms with Crippen LogP contribution in [-0.2, 0) is 15.4 Å². The van der Waals surface area contributed by atoms with Gasteiger partial charge in [0.2, 0.25) is 15.9 Å². The number of hydrogen-bond donors (Lipinski definition) is 2. The van der Waals surface area contributed by atoms with Gasteiger partial charge in [-0.25, -0.2) is 13.4 Å². The van der Waals surface area contributed by atoms with Gasteiger partial charge in [-0.1, -0.05) is 39.0 Å². The summed E-state index contributed by atoms with van der Waals surface area (Å²) in [5.41, 5.74) is 1.85. The molecule has 0 saturated carbocycles. The number of carbonyl (C=O) groups excluding carboxylic acids is 1. The Hall–Kier alpha value is -4.12. The first-order valence-electron chi connectivity index (χ1n) is 11.0. The number of fused-ring (bicyclic) bond motifs is 1. The van der Waals surface area contributed by atoms with Crippen molar-refractivity contribution in [1.82, 2.24) is 14.7 Å². The molecule has 4 aromatic rings. The van der Waals surface area contributed by atoms with Gasteiger partial charge in [-0.15, -0.1) is 0 Å². The van der Waals surface area contributed by atoms with Crippen LogP contribution in [0.1, 0.15) is 36.8 Å². The van der Waals surface area contributed by atoms with E-state index in [0.29, 0.717) is 11.2 Å². The SMILES string of the molecule is COc1c(NC(=O)c2cc3ccccc3n2Oc2ccncn2)cc(C(C)(C)C)cc1NS(C)(=O)=O. The number of anilines is 2. The first-order valence-corrected chi connectivity index (χ1v) is 12.9. The fraction of sp³-hybridized carbons (Fsp3) is 0.240. The van der Waals surface area contributed by atoms with Crippen LogP contribution in [0.3, 0.4) is 0 Å². The predicted octanol–water partition coefficient (Wildman–Crippen LogP) is 4.20. The van der Waals surface area contributed by atoms with E-state index in [4.69, 9.17) is 9.57 Å². The summed E-state index contributed by atoms with van der Waals surface area (Å²) >= 11 is 0. The normalized spacial score (nSPS) is 11.8. The number of para-hydroxylation sites is 1. The summed E-state index contributed by atoms with van der Waals surface area (Å²) < 4.78 is 33.4. The number of nitrogens with one attached hydrogen (secondary N) is 2. The van der Waals surface area contributed by atoms with Crippen LogP contribution in [0, 0.1) is 0 Å². The lowest BCUT2D eigenvalue weighted by Crippen LogP contribution is -2.21. The van der Waals surface area contributed by atoms with Gasteiger partial charge in [-0.05, 0) is 35.2 Å². The summed E-state index contributed by atoms with van der Waals surface area (Å²) in [6.07, 6.45) is 3.93. The molecule has 0 fully saturated rings. The van der Waals surface area contributed by atoms with Crippen molar-refractivity contribution in [2.24, 2.45) is 0 Å². The number of benzene rings is 2. The molecule has 2 heterocycles. The number of aromatic nitrogens is 3. The Morgan fingerprint density at radius 3 is 2.42 bits per heavy atom. The maximum Gasteiger partial charge on any atom is 0.275 e. The maximum absolute atomic E-state index is 13.6. The summed E-state index contributed by atoms with van der Waals surface area (Å²) in [4.78, 5) is 27.5. The highest BCUT2D eigenvalue weighted by Gasteiger charge is 2.24. The fourth-order valence-electron chi connectivity index (χ4n) is 3.65. The second kappa shape index (κ2) is 9.50. The molecule has 4 rings (SSSR count). The lowest BCUT2D eigenvalue weighted by Gasteiger charge is -2.24. The number of sulfonamides is 1. The summed E-state index contributed by atoms with van der Waals surface area (Å²) in [7, 11) is -2.20. The standard InChI is InChI=1S/C25H27N5O5S/c1-25(2,3)17-13-18(23(34-4)19(14-17)29-36(5,32)33)28-24(31)21-12-16-8-6-7-9-20(16)30(21)35-22-10-11-26-15-27-22/h6-15,29H,1-5H3,(H,28,31). The summed E-state index contributed by atoms with van der Waals surface area (Å²) in [5, 5.41) is 3.66. The number of hydrogen-bond acceptors (Lipinski definition) is 7. The highest BCUT2D eigenvalue weighted by Crippen LogP contribution is 2.39. The lowest BCUT2D eigenvalue weighted by atomic mass is 9.86. The monoisotopic (exact) mass is 509 g/mol. The van der Waals surface area contributed by atoms with Crippen LogP contribution in [0.4, 0.5) is 11.4 Å². The maximum atomic E-state index is 13.6. The molecule has 36 heavy (non-hydrogen) atoms. The van der Waals surface area contributed by atoms with E-state index in [9.17, 15) is 13.2 Å². The van der Waals surface area contributed by atoms with Crippen molar-refractivity contribution in [3.05, 3.63) is 72.3 Å². The molecule has 0 radical (unpaired) electrons. The Labute approximate surface area is 209 Å². The molecule has 0 saturated heterocycles. The molecule has 0 bridgehead atoms.